The smallest absolute Gasteiger partial charge is 0.465 e. The number of likely N-dealkylation sites (tertiary alicyclic amines) is 1. The van der Waals surface area contributed by atoms with E-state index in [1.54, 1.807) is 13.8 Å². The lowest BCUT2D eigenvalue weighted by atomic mass is 10.0. The predicted molar refractivity (Wildman–Crippen MR) is 136 cm³/mol. The van der Waals surface area contributed by atoms with Gasteiger partial charge in [-0.1, -0.05) is 30.3 Å². The molecule has 1 aromatic rings. The lowest BCUT2D eigenvalue weighted by molar-refractivity contribution is -0.173. The summed E-state index contributed by atoms with van der Waals surface area (Å²) >= 11 is 0. The van der Waals surface area contributed by atoms with E-state index in [9.17, 15) is 32.3 Å². The number of nitrogens with one attached hydrogen (secondary N) is 2. The van der Waals surface area contributed by atoms with Gasteiger partial charge in [-0.2, -0.15) is 13.2 Å². The molecule has 0 spiro atoms. The van der Waals surface area contributed by atoms with Crippen LogP contribution >= 0.6 is 0 Å². The molecule has 218 valence electrons. The van der Waals surface area contributed by atoms with Gasteiger partial charge in [0.1, 0.15) is 12.1 Å². The molecule has 1 aliphatic heterocycles. The lowest BCUT2D eigenvalue weighted by Gasteiger charge is -2.30. The molecular weight excluding hydrogens is 519 g/mol. The number of esters is 2. The first-order valence-electron chi connectivity index (χ1n) is 13.4. The van der Waals surface area contributed by atoms with Crippen LogP contribution in [0.1, 0.15) is 57.9 Å². The van der Waals surface area contributed by atoms with Crippen molar-refractivity contribution in [2.45, 2.75) is 83.1 Å². The van der Waals surface area contributed by atoms with E-state index in [4.69, 9.17) is 9.47 Å². The molecule has 0 aliphatic carbocycles. The molecule has 1 heterocycles. The second-order valence-corrected chi connectivity index (χ2v) is 9.24. The average Bonchev–Trinajstić information content (AvgIpc) is 3.39. The summed E-state index contributed by atoms with van der Waals surface area (Å²) in [6.45, 7) is 3.81. The SMILES string of the molecule is CCOC(=O)[C@H](CCc1ccccc1)N[C@@H](CCCCNC(=O)C(F)(F)F)C(=O)N1CCC[C@H]1C(=O)OCC. The van der Waals surface area contributed by atoms with Gasteiger partial charge < -0.3 is 19.7 Å². The van der Waals surface area contributed by atoms with E-state index in [-0.39, 0.29) is 44.9 Å². The number of rotatable bonds is 15. The van der Waals surface area contributed by atoms with Crippen molar-refractivity contribution in [3.05, 3.63) is 35.9 Å². The molecule has 1 fully saturated rings. The minimum atomic E-state index is -4.97. The van der Waals surface area contributed by atoms with Gasteiger partial charge in [0.25, 0.3) is 0 Å². The monoisotopic (exact) mass is 557 g/mol. The minimum Gasteiger partial charge on any atom is -0.465 e. The van der Waals surface area contributed by atoms with Crippen LogP contribution in [0.25, 0.3) is 0 Å². The standard InChI is InChI=1S/C27H38F3N3O6/c1-3-38-24(35)21(16-15-19-11-6-5-7-12-19)32-20(13-8-9-17-31-26(37)27(28,29)30)23(34)33-18-10-14-22(33)25(36)39-4-2/h5-7,11-12,20-22,32H,3-4,8-10,13-18H2,1-2H3,(H,31,37)/t20-,21-,22-/m0/s1. The number of amides is 2. The molecule has 2 rings (SSSR count). The molecule has 2 amide bonds. The zero-order valence-corrected chi connectivity index (χ0v) is 22.4. The number of halogens is 3. The maximum atomic E-state index is 13.6. The quantitative estimate of drug-likeness (QED) is 0.252. The first-order valence-corrected chi connectivity index (χ1v) is 13.4. The average molecular weight is 558 g/mol. The van der Waals surface area contributed by atoms with E-state index < -0.39 is 42.1 Å². The van der Waals surface area contributed by atoms with Crippen LogP contribution in [-0.4, -0.2) is 79.3 Å². The number of benzene rings is 1. The van der Waals surface area contributed by atoms with Crippen LogP contribution in [0.4, 0.5) is 13.2 Å². The van der Waals surface area contributed by atoms with E-state index in [2.05, 4.69) is 5.32 Å². The fraction of sp³-hybridized carbons (Fsp3) is 0.630. The molecule has 2 N–H and O–H groups in total. The molecule has 3 atom stereocenters. The van der Waals surface area contributed by atoms with Gasteiger partial charge >= 0.3 is 24.0 Å². The third-order valence-electron chi connectivity index (χ3n) is 6.39. The number of unbranched alkanes of at least 4 members (excludes halogenated alkanes) is 1. The molecule has 39 heavy (non-hydrogen) atoms. The molecule has 0 radical (unpaired) electrons. The van der Waals surface area contributed by atoms with Crippen LogP contribution in [0, 0.1) is 0 Å². The van der Waals surface area contributed by atoms with Crippen molar-refractivity contribution in [1.29, 1.82) is 0 Å². The fourth-order valence-corrected chi connectivity index (χ4v) is 4.48. The van der Waals surface area contributed by atoms with E-state index in [1.807, 2.05) is 35.6 Å². The van der Waals surface area contributed by atoms with Gasteiger partial charge in [0, 0.05) is 13.1 Å². The number of carbonyl (C=O) groups is 4. The van der Waals surface area contributed by atoms with Gasteiger partial charge in [0.2, 0.25) is 5.91 Å². The van der Waals surface area contributed by atoms with Gasteiger partial charge in [-0.05, 0) is 64.4 Å². The molecule has 1 aliphatic rings. The van der Waals surface area contributed by atoms with Crippen molar-refractivity contribution < 1.29 is 41.8 Å². The summed E-state index contributed by atoms with van der Waals surface area (Å²) in [5.74, 6) is -3.43. The Balaban J connectivity index is 2.15. The van der Waals surface area contributed by atoms with Crippen LogP contribution in [0.5, 0.6) is 0 Å². The molecule has 12 heteroatoms. The van der Waals surface area contributed by atoms with E-state index >= 15 is 0 Å². The topological polar surface area (TPSA) is 114 Å². The Kier molecular flexibility index (Phi) is 13.2. The third kappa shape index (κ3) is 10.5. The Morgan fingerprint density at radius 1 is 1.00 bits per heavy atom. The number of alkyl halides is 3. The molecule has 9 nitrogen and oxygen atoms in total. The van der Waals surface area contributed by atoms with Crippen LogP contribution in [-0.2, 0) is 35.1 Å². The Morgan fingerprint density at radius 3 is 2.33 bits per heavy atom. The summed E-state index contributed by atoms with van der Waals surface area (Å²) in [6.07, 6.45) is -2.38. The van der Waals surface area contributed by atoms with E-state index in [0.29, 0.717) is 32.2 Å². The van der Waals surface area contributed by atoms with E-state index in [0.717, 1.165) is 5.56 Å². The Labute approximate surface area is 226 Å². The fourth-order valence-electron chi connectivity index (χ4n) is 4.48. The number of hydrogen-bond donors (Lipinski definition) is 2. The van der Waals surface area contributed by atoms with Gasteiger partial charge in [-0.15, -0.1) is 0 Å². The van der Waals surface area contributed by atoms with Gasteiger partial charge in [-0.3, -0.25) is 19.7 Å². The van der Waals surface area contributed by atoms with Crippen molar-refractivity contribution in [2.75, 3.05) is 26.3 Å². The zero-order valence-electron chi connectivity index (χ0n) is 22.4. The van der Waals surface area contributed by atoms with Crippen LogP contribution in [0.15, 0.2) is 30.3 Å². The minimum absolute atomic E-state index is 0.150. The van der Waals surface area contributed by atoms with Crippen LogP contribution < -0.4 is 10.6 Å². The molecule has 1 saturated heterocycles. The summed E-state index contributed by atoms with van der Waals surface area (Å²) < 4.78 is 47.7. The maximum Gasteiger partial charge on any atom is 0.471 e. The Bertz CT molecular complexity index is 944. The highest BCUT2D eigenvalue weighted by molar-refractivity contribution is 5.89. The summed E-state index contributed by atoms with van der Waals surface area (Å²) in [5.41, 5.74) is 0.999. The van der Waals surface area contributed by atoms with E-state index in [1.165, 1.54) is 4.90 Å². The van der Waals surface area contributed by atoms with Crippen molar-refractivity contribution in [2.24, 2.45) is 0 Å². The second kappa shape index (κ2) is 16.1. The zero-order chi connectivity index (χ0) is 28.8. The van der Waals surface area contributed by atoms with Crippen molar-refractivity contribution in [3.63, 3.8) is 0 Å². The lowest BCUT2D eigenvalue weighted by Crippen LogP contribution is -2.54. The first-order chi connectivity index (χ1) is 18.6. The number of aryl methyl sites for hydroxylation is 1. The van der Waals surface area contributed by atoms with Crippen LogP contribution in [0.2, 0.25) is 0 Å². The normalized spacial score (nSPS) is 16.8. The second-order valence-electron chi connectivity index (χ2n) is 9.24. The highest BCUT2D eigenvalue weighted by Crippen LogP contribution is 2.22. The van der Waals surface area contributed by atoms with Gasteiger partial charge in [-0.25, -0.2) is 4.79 Å². The Hall–Kier alpha value is -3.15. The van der Waals surface area contributed by atoms with Crippen LogP contribution in [0.3, 0.4) is 0 Å². The Morgan fingerprint density at radius 2 is 1.69 bits per heavy atom. The molecular formula is C27H38F3N3O6. The predicted octanol–water partition coefficient (Wildman–Crippen LogP) is 2.91. The molecule has 0 aromatic heterocycles. The summed E-state index contributed by atoms with van der Waals surface area (Å²) in [5, 5.41) is 4.93. The molecule has 0 saturated carbocycles. The highest BCUT2D eigenvalue weighted by Gasteiger charge is 2.40. The largest absolute Gasteiger partial charge is 0.471 e. The molecule has 0 bridgehead atoms. The van der Waals surface area contributed by atoms with Gasteiger partial charge in [0.05, 0.1) is 19.3 Å². The van der Waals surface area contributed by atoms with Crippen molar-refractivity contribution in [3.8, 4) is 0 Å². The van der Waals surface area contributed by atoms with Gasteiger partial charge in [0.15, 0.2) is 0 Å². The highest BCUT2D eigenvalue weighted by atomic mass is 19.4. The summed E-state index contributed by atoms with van der Waals surface area (Å²) in [6, 6.07) is 7.04. The summed E-state index contributed by atoms with van der Waals surface area (Å²) in [7, 11) is 0. The molecule has 0 unspecified atom stereocenters. The number of ether oxygens (including phenoxy) is 2. The molecule has 1 aromatic carbocycles. The maximum absolute atomic E-state index is 13.6. The van der Waals surface area contributed by atoms with Crippen molar-refractivity contribution in [1.82, 2.24) is 15.5 Å². The number of nitrogens with zero attached hydrogens (tertiary/aromatic N) is 1. The first kappa shape index (κ1) is 32.1. The number of hydrogen-bond acceptors (Lipinski definition) is 7. The third-order valence-corrected chi connectivity index (χ3v) is 6.39. The summed E-state index contributed by atoms with van der Waals surface area (Å²) in [4.78, 5) is 51.4. The number of carbonyl (C=O) groups excluding carboxylic acids is 4. The van der Waals surface area contributed by atoms with Crippen molar-refractivity contribution >= 4 is 23.8 Å².